The van der Waals surface area contributed by atoms with Gasteiger partial charge in [-0.1, -0.05) is 6.92 Å². The van der Waals surface area contributed by atoms with Crippen molar-refractivity contribution < 1.29 is 9.84 Å². The van der Waals surface area contributed by atoms with E-state index in [9.17, 15) is 5.11 Å². The van der Waals surface area contributed by atoms with Crippen molar-refractivity contribution in [3.63, 3.8) is 0 Å². The van der Waals surface area contributed by atoms with Crippen LogP contribution in [0.25, 0.3) is 0 Å². The summed E-state index contributed by atoms with van der Waals surface area (Å²) in [6.45, 7) is 8.54. The molecule has 1 aromatic rings. The Labute approximate surface area is 108 Å². The second-order valence-electron chi connectivity index (χ2n) is 5.02. The molecule has 1 aromatic carbocycles. The molecule has 1 unspecified atom stereocenters. The van der Waals surface area contributed by atoms with Gasteiger partial charge in [-0.2, -0.15) is 0 Å². The summed E-state index contributed by atoms with van der Waals surface area (Å²) in [4.78, 5) is 4.97. The van der Waals surface area contributed by atoms with E-state index < -0.39 is 0 Å². The lowest BCUT2D eigenvalue weighted by atomic mass is 10.1. The van der Waals surface area contributed by atoms with Gasteiger partial charge in [-0.15, -0.1) is 0 Å². The van der Waals surface area contributed by atoms with E-state index in [0.29, 0.717) is 12.6 Å². The summed E-state index contributed by atoms with van der Waals surface area (Å²) in [5.41, 5.74) is 1.22. The summed E-state index contributed by atoms with van der Waals surface area (Å²) < 4.78 is 5.68. The van der Waals surface area contributed by atoms with E-state index >= 15 is 0 Å². The number of phenolic OH excluding ortho intramolecular Hbond substituents is 1. The Morgan fingerprint density at radius 3 is 2.78 bits per heavy atom. The maximum Gasteiger partial charge on any atom is 0.127 e. The molecule has 2 aliphatic rings. The van der Waals surface area contributed by atoms with E-state index in [1.54, 1.807) is 12.1 Å². The molecule has 2 heterocycles. The lowest BCUT2D eigenvalue weighted by Gasteiger charge is -2.37. The first-order valence-electron chi connectivity index (χ1n) is 6.70. The molecule has 3 rings (SSSR count). The monoisotopic (exact) mass is 248 g/mol. The maximum atomic E-state index is 9.46. The first kappa shape index (κ1) is 11.8. The lowest BCUT2D eigenvalue weighted by molar-refractivity contribution is 0.0876. The van der Waals surface area contributed by atoms with Gasteiger partial charge in [0.15, 0.2) is 0 Å². The number of hydrogen-bond donors (Lipinski definition) is 1. The Balaban J connectivity index is 1.73. The fourth-order valence-corrected chi connectivity index (χ4v) is 2.88. The van der Waals surface area contributed by atoms with E-state index in [0.717, 1.165) is 38.5 Å². The molecule has 0 radical (unpaired) electrons. The minimum atomic E-state index is 0.283. The topological polar surface area (TPSA) is 35.9 Å². The van der Waals surface area contributed by atoms with Gasteiger partial charge in [0.1, 0.15) is 18.1 Å². The zero-order valence-electron chi connectivity index (χ0n) is 10.8. The molecular weight excluding hydrogens is 228 g/mol. The summed E-state index contributed by atoms with van der Waals surface area (Å²) in [7, 11) is 0. The highest BCUT2D eigenvalue weighted by Crippen LogP contribution is 2.38. The molecule has 1 atom stereocenters. The Bertz CT molecular complexity index is 428. The van der Waals surface area contributed by atoms with Crippen LogP contribution in [0.1, 0.15) is 18.5 Å². The average Bonchev–Trinajstić information content (AvgIpc) is 2.81. The van der Waals surface area contributed by atoms with Crippen molar-refractivity contribution in [3.8, 4) is 11.5 Å². The number of ether oxygens (including phenoxy) is 1. The molecule has 0 saturated carbocycles. The Morgan fingerprint density at radius 2 is 2.06 bits per heavy atom. The van der Waals surface area contributed by atoms with Crippen molar-refractivity contribution in [3.05, 3.63) is 23.8 Å². The third-order valence-corrected chi connectivity index (χ3v) is 4.05. The number of benzene rings is 1. The van der Waals surface area contributed by atoms with Gasteiger partial charge in [0, 0.05) is 37.8 Å². The second kappa shape index (κ2) is 4.78. The summed E-state index contributed by atoms with van der Waals surface area (Å²) in [6.07, 6.45) is 0. The summed E-state index contributed by atoms with van der Waals surface area (Å²) in [6, 6.07) is 5.83. The average molecular weight is 248 g/mol. The Morgan fingerprint density at radius 1 is 1.28 bits per heavy atom. The molecule has 18 heavy (non-hydrogen) atoms. The van der Waals surface area contributed by atoms with Gasteiger partial charge in [-0.25, -0.2) is 0 Å². The fraction of sp³-hybridized carbons (Fsp3) is 0.571. The van der Waals surface area contributed by atoms with Crippen LogP contribution < -0.4 is 4.74 Å². The molecule has 1 saturated heterocycles. The predicted molar refractivity (Wildman–Crippen MR) is 70.0 cm³/mol. The molecule has 1 fully saturated rings. The largest absolute Gasteiger partial charge is 0.508 e. The molecule has 2 aliphatic heterocycles. The van der Waals surface area contributed by atoms with E-state index in [2.05, 4.69) is 16.7 Å². The zero-order chi connectivity index (χ0) is 12.5. The maximum absolute atomic E-state index is 9.46. The van der Waals surface area contributed by atoms with E-state index in [1.807, 2.05) is 6.07 Å². The molecule has 1 N–H and O–H groups in total. The number of phenols is 1. The predicted octanol–water partition coefficient (Wildman–Crippen LogP) is 1.46. The highest BCUT2D eigenvalue weighted by molar-refractivity contribution is 5.44. The van der Waals surface area contributed by atoms with Crippen LogP contribution in [0.3, 0.4) is 0 Å². The van der Waals surface area contributed by atoms with E-state index in [4.69, 9.17) is 4.74 Å². The van der Waals surface area contributed by atoms with E-state index in [1.165, 1.54) is 5.56 Å². The molecule has 4 heteroatoms. The third-order valence-electron chi connectivity index (χ3n) is 4.05. The second-order valence-corrected chi connectivity index (χ2v) is 5.02. The number of fused-ring (bicyclic) bond motifs is 1. The molecule has 0 amide bonds. The van der Waals surface area contributed by atoms with Crippen molar-refractivity contribution in [2.45, 2.75) is 13.0 Å². The first-order valence-corrected chi connectivity index (χ1v) is 6.70. The van der Waals surface area contributed by atoms with Crippen LogP contribution in [0.4, 0.5) is 0 Å². The third kappa shape index (κ3) is 2.06. The smallest absolute Gasteiger partial charge is 0.127 e. The molecule has 4 nitrogen and oxygen atoms in total. The van der Waals surface area contributed by atoms with Crippen LogP contribution in [-0.2, 0) is 0 Å². The van der Waals surface area contributed by atoms with Crippen molar-refractivity contribution in [2.24, 2.45) is 0 Å². The van der Waals surface area contributed by atoms with Crippen LogP contribution >= 0.6 is 0 Å². The van der Waals surface area contributed by atoms with Gasteiger partial charge in [-0.3, -0.25) is 4.90 Å². The van der Waals surface area contributed by atoms with Crippen LogP contribution in [0, 0.1) is 0 Å². The summed E-state index contributed by atoms with van der Waals surface area (Å²) in [5, 5.41) is 9.46. The van der Waals surface area contributed by atoms with Gasteiger partial charge >= 0.3 is 0 Å². The molecular formula is C14H20N2O2. The van der Waals surface area contributed by atoms with Crippen molar-refractivity contribution in [2.75, 3.05) is 39.3 Å². The number of likely N-dealkylation sites (N-methyl/N-ethyl adjacent to an activating group) is 1. The first-order chi connectivity index (χ1) is 8.78. The molecule has 0 aromatic heterocycles. The number of hydrogen-bond acceptors (Lipinski definition) is 4. The number of rotatable bonds is 2. The summed E-state index contributed by atoms with van der Waals surface area (Å²) >= 11 is 0. The fourth-order valence-electron chi connectivity index (χ4n) is 2.88. The quantitative estimate of drug-likeness (QED) is 0.859. The molecule has 0 bridgehead atoms. The number of piperazine rings is 1. The van der Waals surface area contributed by atoms with Crippen molar-refractivity contribution in [1.82, 2.24) is 9.80 Å². The van der Waals surface area contributed by atoms with Crippen molar-refractivity contribution >= 4 is 0 Å². The van der Waals surface area contributed by atoms with Gasteiger partial charge in [0.05, 0.1) is 6.04 Å². The SMILES string of the molecule is CCN1CCN(C2COc3cc(O)ccc32)CC1. The van der Waals surface area contributed by atoms with Crippen LogP contribution in [0.15, 0.2) is 18.2 Å². The number of nitrogens with zero attached hydrogens (tertiary/aromatic N) is 2. The van der Waals surface area contributed by atoms with Gasteiger partial charge in [0.25, 0.3) is 0 Å². The van der Waals surface area contributed by atoms with Gasteiger partial charge < -0.3 is 14.7 Å². The van der Waals surface area contributed by atoms with Crippen LogP contribution in [-0.4, -0.2) is 54.2 Å². The van der Waals surface area contributed by atoms with Gasteiger partial charge in [0.2, 0.25) is 0 Å². The zero-order valence-corrected chi connectivity index (χ0v) is 10.8. The minimum Gasteiger partial charge on any atom is -0.508 e. The Kier molecular flexibility index (Phi) is 3.14. The van der Waals surface area contributed by atoms with Gasteiger partial charge in [-0.05, 0) is 18.7 Å². The van der Waals surface area contributed by atoms with Crippen LogP contribution in [0.5, 0.6) is 11.5 Å². The standard InChI is InChI=1S/C14H20N2O2/c1-2-15-5-7-16(8-6-15)13-10-18-14-9-11(17)3-4-12(13)14/h3-4,9,13,17H,2,5-8,10H2,1H3. The normalized spacial score (nSPS) is 24.8. The minimum absolute atomic E-state index is 0.283. The number of aromatic hydroxyl groups is 1. The lowest BCUT2D eigenvalue weighted by Crippen LogP contribution is -2.47. The highest BCUT2D eigenvalue weighted by Gasteiger charge is 2.31. The Hall–Kier alpha value is -1.26. The molecule has 98 valence electrons. The highest BCUT2D eigenvalue weighted by atomic mass is 16.5. The molecule has 0 aliphatic carbocycles. The summed E-state index contributed by atoms with van der Waals surface area (Å²) in [5.74, 6) is 1.13. The van der Waals surface area contributed by atoms with E-state index in [-0.39, 0.29) is 5.75 Å². The van der Waals surface area contributed by atoms with Crippen LogP contribution in [0.2, 0.25) is 0 Å². The molecule has 0 spiro atoms. The van der Waals surface area contributed by atoms with Crippen molar-refractivity contribution in [1.29, 1.82) is 0 Å².